The van der Waals surface area contributed by atoms with Crippen LogP contribution >= 0.6 is 34.2 Å². The summed E-state index contributed by atoms with van der Waals surface area (Å²) < 4.78 is 0.892. The summed E-state index contributed by atoms with van der Waals surface area (Å²) in [6.45, 7) is 0. The van der Waals surface area contributed by atoms with Gasteiger partial charge in [-0.15, -0.1) is 0 Å². The highest BCUT2D eigenvalue weighted by Gasteiger charge is 2.10. The molecule has 0 radical (unpaired) electrons. The van der Waals surface area contributed by atoms with Gasteiger partial charge in [-0.1, -0.05) is 11.6 Å². The van der Waals surface area contributed by atoms with E-state index in [1.54, 1.807) is 36.5 Å². The molecule has 18 heavy (non-hydrogen) atoms. The number of nitrogen functional groups attached to an aromatic ring is 1. The Kier molecular flexibility index (Phi) is 4.03. The van der Waals surface area contributed by atoms with Crippen LogP contribution < -0.4 is 11.1 Å². The zero-order valence-electron chi connectivity index (χ0n) is 9.15. The molecule has 0 saturated heterocycles. The highest BCUT2D eigenvalue weighted by molar-refractivity contribution is 14.1. The number of carbonyl (C=O) groups excluding carboxylic acids is 1. The molecule has 0 aliphatic rings. The third kappa shape index (κ3) is 2.91. The van der Waals surface area contributed by atoms with Crippen molar-refractivity contribution in [2.24, 2.45) is 0 Å². The van der Waals surface area contributed by atoms with E-state index >= 15 is 0 Å². The quantitative estimate of drug-likeness (QED) is 0.795. The maximum atomic E-state index is 12.0. The van der Waals surface area contributed by atoms with Crippen molar-refractivity contribution in [3.8, 4) is 0 Å². The lowest BCUT2D eigenvalue weighted by molar-refractivity contribution is 0.102. The molecule has 1 heterocycles. The average Bonchev–Trinajstić information content (AvgIpc) is 2.35. The minimum atomic E-state index is -0.293. The predicted molar refractivity (Wildman–Crippen MR) is 80.8 cm³/mol. The molecular formula is C12H9ClIN3O. The molecule has 3 N–H and O–H groups in total. The number of rotatable bonds is 2. The first-order chi connectivity index (χ1) is 8.58. The summed E-state index contributed by atoms with van der Waals surface area (Å²) >= 11 is 8.06. The minimum Gasteiger partial charge on any atom is -0.396 e. The van der Waals surface area contributed by atoms with Gasteiger partial charge in [-0.3, -0.25) is 4.79 Å². The number of nitrogens with one attached hydrogen (secondary N) is 1. The number of anilines is 2. The van der Waals surface area contributed by atoms with Gasteiger partial charge >= 0.3 is 0 Å². The van der Waals surface area contributed by atoms with Crippen molar-refractivity contribution >= 4 is 51.6 Å². The molecule has 1 aromatic carbocycles. The van der Waals surface area contributed by atoms with Gasteiger partial charge in [0.1, 0.15) is 0 Å². The van der Waals surface area contributed by atoms with Crippen molar-refractivity contribution in [3.05, 3.63) is 50.7 Å². The number of carbonyl (C=O) groups is 1. The summed E-state index contributed by atoms with van der Waals surface area (Å²) in [4.78, 5) is 16.0. The first-order valence-corrected chi connectivity index (χ1v) is 6.50. The Bertz CT molecular complexity index is 604. The van der Waals surface area contributed by atoms with Gasteiger partial charge in [-0.05, 0) is 52.9 Å². The fraction of sp³-hybridized carbons (Fsp3) is 0. The molecule has 0 unspecified atom stereocenters. The molecule has 6 heteroatoms. The fourth-order valence-electron chi connectivity index (χ4n) is 1.34. The fourth-order valence-corrected chi connectivity index (χ4v) is 1.86. The molecule has 0 spiro atoms. The van der Waals surface area contributed by atoms with Crippen LogP contribution in [0, 0.1) is 3.57 Å². The molecule has 4 nitrogen and oxygen atoms in total. The molecule has 2 rings (SSSR count). The standard InChI is InChI=1S/C12H9ClIN3O/c13-8-6-7(3-4-9(8)14)12(18)17-11-10(15)2-1-5-16-11/h1-6H,15H2,(H,16,17,18). The van der Waals surface area contributed by atoms with Gasteiger partial charge in [-0.25, -0.2) is 4.98 Å². The van der Waals surface area contributed by atoms with Crippen molar-refractivity contribution < 1.29 is 4.79 Å². The third-order valence-electron chi connectivity index (χ3n) is 2.25. The van der Waals surface area contributed by atoms with Gasteiger partial charge in [0.15, 0.2) is 5.82 Å². The molecule has 0 aliphatic heterocycles. The zero-order chi connectivity index (χ0) is 13.1. The number of halogens is 2. The van der Waals surface area contributed by atoms with Crippen molar-refractivity contribution in [2.45, 2.75) is 0 Å². The Morgan fingerprint density at radius 2 is 2.17 bits per heavy atom. The number of nitrogens with two attached hydrogens (primary N) is 1. The van der Waals surface area contributed by atoms with E-state index in [0.717, 1.165) is 3.57 Å². The van der Waals surface area contributed by atoms with E-state index < -0.39 is 0 Å². The van der Waals surface area contributed by atoms with Crippen LogP contribution in [0.15, 0.2) is 36.5 Å². The molecular weight excluding hydrogens is 365 g/mol. The Balaban J connectivity index is 2.22. The topological polar surface area (TPSA) is 68.0 Å². The van der Waals surface area contributed by atoms with Gasteiger partial charge in [0.25, 0.3) is 5.91 Å². The second kappa shape index (κ2) is 5.53. The van der Waals surface area contributed by atoms with Crippen LogP contribution in [0.1, 0.15) is 10.4 Å². The Labute approximate surface area is 123 Å². The van der Waals surface area contributed by atoms with Crippen molar-refractivity contribution in [1.82, 2.24) is 4.98 Å². The predicted octanol–water partition coefficient (Wildman–Crippen LogP) is 3.17. The van der Waals surface area contributed by atoms with Crippen LogP contribution in [0.2, 0.25) is 5.02 Å². The largest absolute Gasteiger partial charge is 0.396 e. The van der Waals surface area contributed by atoms with E-state index in [1.807, 2.05) is 0 Å². The molecule has 0 atom stereocenters. The lowest BCUT2D eigenvalue weighted by Crippen LogP contribution is -2.14. The zero-order valence-corrected chi connectivity index (χ0v) is 12.1. The van der Waals surface area contributed by atoms with Gasteiger partial charge in [0.2, 0.25) is 0 Å². The number of benzene rings is 1. The van der Waals surface area contributed by atoms with Crippen LogP contribution in [0.25, 0.3) is 0 Å². The maximum absolute atomic E-state index is 12.0. The van der Waals surface area contributed by atoms with Gasteiger partial charge in [0.05, 0.1) is 10.7 Å². The second-order valence-electron chi connectivity index (χ2n) is 3.52. The van der Waals surface area contributed by atoms with Crippen molar-refractivity contribution in [2.75, 3.05) is 11.1 Å². The number of hydrogen-bond acceptors (Lipinski definition) is 3. The van der Waals surface area contributed by atoms with Gasteiger partial charge in [0, 0.05) is 15.3 Å². The van der Waals surface area contributed by atoms with E-state index in [1.165, 1.54) is 0 Å². The first-order valence-electron chi connectivity index (χ1n) is 5.05. The molecule has 1 amide bonds. The van der Waals surface area contributed by atoms with E-state index in [2.05, 4.69) is 32.9 Å². The van der Waals surface area contributed by atoms with E-state index in [9.17, 15) is 4.79 Å². The van der Waals surface area contributed by atoms with Crippen molar-refractivity contribution in [3.63, 3.8) is 0 Å². The lowest BCUT2D eigenvalue weighted by Gasteiger charge is -2.07. The summed E-state index contributed by atoms with van der Waals surface area (Å²) in [7, 11) is 0. The van der Waals surface area contributed by atoms with Crippen LogP contribution in [-0.4, -0.2) is 10.9 Å². The number of amides is 1. The third-order valence-corrected chi connectivity index (χ3v) is 3.82. The van der Waals surface area contributed by atoms with Gasteiger partial charge in [-0.2, -0.15) is 0 Å². The average molecular weight is 374 g/mol. The first kappa shape index (κ1) is 13.1. The van der Waals surface area contributed by atoms with E-state index in [0.29, 0.717) is 22.1 Å². The molecule has 0 bridgehead atoms. The van der Waals surface area contributed by atoms with Crippen LogP contribution in [0.3, 0.4) is 0 Å². The molecule has 0 fully saturated rings. The van der Waals surface area contributed by atoms with E-state index in [-0.39, 0.29) is 5.91 Å². The SMILES string of the molecule is Nc1cccnc1NC(=O)c1ccc(I)c(Cl)c1. The highest BCUT2D eigenvalue weighted by Crippen LogP contribution is 2.21. The summed E-state index contributed by atoms with van der Waals surface area (Å²) in [5, 5.41) is 3.18. The number of nitrogens with zero attached hydrogens (tertiary/aromatic N) is 1. The van der Waals surface area contributed by atoms with Crippen LogP contribution in [0.4, 0.5) is 11.5 Å². The molecule has 92 valence electrons. The van der Waals surface area contributed by atoms with Crippen molar-refractivity contribution in [1.29, 1.82) is 0 Å². The number of hydrogen-bond donors (Lipinski definition) is 2. The second-order valence-corrected chi connectivity index (χ2v) is 5.09. The molecule has 2 aromatic rings. The monoisotopic (exact) mass is 373 g/mol. The minimum absolute atomic E-state index is 0.293. The Morgan fingerprint density at radius 1 is 1.39 bits per heavy atom. The summed E-state index contributed by atoms with van der Waals surface area (Å²) in [5.74, 6) is 0.0517. The van der Waals surface area contributed by atoms with Crippen LogP contribution in [0.5, 0.6) is 0 Å². The highest BCUT2D eigenvalue weighted by atomic mass is 127. The summed E-state index contributed by atoms with van der Waals surface area (Å²) in [6.07, 6.45) is 1.56. The Hall–Kier alpha value is -1.34. The summed E-state index contributed by atoms with van der Waals surface area (Å²) in [6, 6.07) is 8.45. The summed E-state index contributed by atoms with van der Waals surface area (Å²) in [5.41, 5.74) is 6.58. The maximum Gasteiger partial charge on any atom is 0.256 e. The smallest absolute Gasteiger partial charge is 0.256 e. The number of pyridine rings is 1. The molecule has 0 saturated carbocycles. The Morgan fingerprint density at radius 3 is 2.83 bits per heavy atom. The van der Waals surface area contributed by atoms with Crippen LogP contribution in [-0.2, 0) is 0 Å². The number of aromatic nitrogens is 1. The molecule has 0 aliphatic carbocycles. The molecule has 1 aromatic heterocycles. The normalized spacial score (nSPS) is 10.1. The van der Waals surface area contributed by atoms with E-state index in [4.69, 9.17) is 17.3 Å². The van der Waals surface area contributed by atoms with Gasteiger partial charge < -0.3 is 11.1 Å². The lowest BCUT2D eigenvalue weighted by atomic mass is 10.2.